The fourth-order valence-electron chi connectivity index (χ4n) is 2.63. The van der Waals surface area contributed by atoms with Crippen molar-refractivity contribution in [1.29, 1.82) is 0 Å². The van der Waals surface area contributed by atoms with Crippen LogP contribution in [0.3, 0.4) is 0 Å². The van der Waals surface area contributed by atoms with Gasteiger partial charge in [0.1, 0.15) is 0 Å². The van der Waals surface area contributed by atoms with Crippen LogP contribution in [0.4, 0.5) is 11.4 Å². The molecule has 2 aromatic rings. The Labute approximate surface area is 122 Å². The highest BCUT2D eigenvalue weighted by Crippen LogP contribution is 2.37. The third-order valence-electron chi connectivity index (χ3n) is 3.53. The second-order valence-electron chi connectivity index (χ2n) is 4.65. The van der Waals surface area contributed by atoms with Gasteiger partial charge in [-0.15, -0.1) is 0 Å². The molecule has 2 aromatic carbocycles. The van der Waals surface area contributed by atoms with Gasteiger partial charge in [-0.05, 0) is 30.2 Å². The standard InChI is InChI=1S/C15H14ClN3O/c16-11-5-3-7-13(14(11)15(17)18-20)19-9-8-10-4-1-2-6-12(10)19/h1-7,20H,8-9H2,(H2,17,18). The molecule has 0 saturated heterocycles. The van der Waals surface area contributed by atoms with Crippen LogP contribution in [0.1, 0.15) is 11.1 Å². The largest absolute Gasteiger partial charge is 0.409 e. The summed E-state index contributed by atoms with van der Waals surface area (Å²) >= 11 is 6.21. The molecule has 0 atom stereocenters. The van der Waals surface area contributed by atoms with Crippen LogP contribution >= 0.6 is 11.6 Å². The normalized spacial score (nSPS) is 14.4. The Morgan fingerprint density at radius 1 is 1.15 bits per heavy atom. The second kappa shape index (κ2) is 5.06. The lowest BCUT2D eigenvalue weighted by molar-refractivity contribution is 0.318. The number of halogens is 1. The minimum absolute atomic E-state index is 0.0231. The van der Waals surface area contributed by atoms with Crippen LogP contribution in [-0.2, 0) is 6.42 Å². The van der Waals surface area contributed by atoms with Crippen LogP contribution in [0, 0.1) is 0 Å². The van der Waals surface area contributed by atoms with Crippen molar-refractivity contribution in [3.63, 3.8) is 0 Å². The number of oxime groups is 1. The minimum Gasteiger partial charge on any atom is -0.409 e. The molecule has 0 saturated carbocycles. The fourth-order valence-corrected chi connectivity index (χ4v) is 2.90. The molecule has 3 N–H and O–H groups in total. The number of rotatable bonds is 2. The summed E-state index contributed by atoms with van der Waals surface area (Å²) in [7, 11) is 0. The van der Waals surface area contributed by atoms with E-state index in [0.717, 1.165) is 24.3 Å². The first-order valence-corrected chi connectivity index (χ1v) is 6.72. The summed E-state index contributed by atoms with van der Waals surface area (Å²) < 4.78 is 0. The summed E-state index contributed by atoms with van der Waals surface area (Å²) in [4.78, 5) is 2.15. The van der Waals surface area contributed by atoms with Crippen LogP contribution in [0.5, 0.6) is 0 Å². The number of nitrogens with two attached hydrogens (primary N) is 1. The first kappa shape index (κ1) is 12.8. The van der Waals surface area contributed by atoms with Crippen LogP contribution in [0.2, 0.25) is 5.02 Å². The number of fused-ring (bicyclic) bond motifs is 1. The average molecular weight is 288 g/mol. The van der Waals surface area contributed by atoms with Gasteiger partial charge in [0, 0.05) is 12.2 Å². The number of para-hydroxylation sites is 1. The van der Waals surface area contributed by atoms with Crippen molar-refractivity contribution in [2.75, 3.05) is 11.4 Å². The van der Waals surface area contributed by atoms with Gasteiger partial charge in [0.05, 0.1) is 16.3 Å². The van der Waals surface area contributed by atoms with Crippen molar-refractivity contribution in [2.45, 2.75) is 6.42 Å². The zero-order chi connectivity index (χ0) is 14.1. The van der Waals surface area contributed by atoms with E-state index < -0.39 is 0 Å². The lowest BCUT2D eigenvalue weighted by Crippen LogP contribution is -2.21. The van der Waals surface area contributed by atoms with Gasteiger partial charge in [0.2, 0.25) is 0 Å². The van der Waals surface area contributed by atoms with E-state index in [2.05, 4.69) is 22.2 Å². The summed E-state index contributed by atoms with van der Waals surface area (Å²) in [6.07, 6.45) is 0.971. The molecule has 4 nitrogen and oxygen atoms in total. The van der Waals surface area contributed by atoms with E-state index in [-0.39, 0.29) is 5.84 Å². The monoisotopic (exact) mass is 287 g/mol. The van der Waals surface area contributed by atoms with Crippen molar-refractivity contribution >= 4 is 28.8 Å². The van der Waals surface area contributed by atoms with E-state index in [9.17, 15) is 0 Å². The third kappa shape index (κ3) is 1.98. The molecule has 5 heteroatoms. The lowest BCUT2D eigenvalue weighted by atomic mass is 10.1. The number of hydrogen-bond acceptors (Lipinski definition) is 3. The molecule has 1 heterocycles. The van der Waals surface area contributed by atoms with Crippen molar-refractivity contribution in [3.05, 3.63) is 58.6 Å². The molecule has 0 spiro atoms. The molecular formula is C15H14ClN3O. The van der Waals surface area contributed by atoms with Gasteiger partial charge >= 0.3 is 0 Å². The number of anilines is 2. The van der Waals surface area contributed by atoms with E-state index in [1.807, 2.05) is 24.3 Å². The van der Waals surface area contributed by atoms with E-state index in [4.69, 9.17) is 22.5 Å². The minimum atomic E-state index is 0.0231. The first-order valence-electron chi connectivity index (χ1n) is 6.34. The number of hydrogen-bond donors (Lipinski definition) is 2. The quantitative estimate of drug-likeness (QED) is 0.386. The van der Waals surface area contributed by atoms with E-state index >= 15 is 0 Å². The molecule has 0 radical (unpaired) electrons. The van der Waals surface area contributed by atoms with E-state index in [1.165, 1.54) is 5.56 Å². The van der Waals surface area contributed by atoms with Crippen LogP contribution in [0.15, 0.2) is 47.6 Å². The molecule has 20 heavy (non-hydrogen) atoms. The molecule has 0 fully saturated rings. The topological polar surface area (TPSA) is 61.9 Å². The zero-order valence-electron chi connectivity index (χ0n) is 10.8. The Hall–Kier alpha value is -2.20. The first-order chi connectivity index (χ1) is 9.72. The van der Waals surface area contributed by atoms with Crippen LogP contribution in [0.25, 0.3) is 0 Å². The summed E-state index contributed by atoms with van der Waals surface area (Å²) in [5.74, 6) is 0.0231. The Balaban J connectivity index is 2.15. The number of nitrogens with zero attached hydrogens (tertiary/aromatic N) is 2. The SMILES string of the molecule is NC(=NO)c1c(Cl)cccc1N1CCc2ccccc21. The highest BCUT2D eigenvalue weighted by atomic mass is 35.5. The van der Waals surface area contributed by atoms with Crippen molar-refractivity contribution in [1.82, 2.24) is 0 Å². The summed E-state index contributed by atoms with van der Waals surface area (Å²) in [5.41, 5.74) is 9.62. The maximum absolute atomic E-state index is 8.96. The van der Waals surface area contributed by atoms with Gasteiger partial charge in [0.15, 0.2) is 5.84 Å². The lowest BCUT2D eigenvalue weighted by Gasteiger charge is -2.23. The van der Waals surface area contributed by atoms with Crippen LogP contribution in [-0.4, -0.2) is 17.6 Å². The molecule has 1 aliphatic heterocycles. The fraction of sp³-hybridized carbons (Fsp3) is 0.133. The smallest absolute Gasteiger partial charge is 0.173 e. The molecule has 0 aliphatic carbocycles. The summed E-state index contributed by atoms with van der Waals surface area (Å²) in [6, 6.07) is 13.8. The Morgan fingerprint density at radius 2 is 1.90 bits per heavy atom. The van der Waals surface area contributed by atoms with Crippen molar-refractivity contribution < 1.29 is 5.21 Å². The van der Waals surface area contributed by atoms with Crippen LogP contribution < -0.4 is 10.6 Å². The maximum atomic E-state index is 8.96. The van der Waals surface area contributed by atoms with Gasteiger partial charge in [0.25, 0.3) is 0 Å². The molecule has 0 unspecified atom stereocenters. The van der Waals surface area contributed by atoms with Crippen molar-refractivity contribution in [3.8, 4) is 0 Å². The van der Waals surface area contributed by atoms with E-state index in [0.29, 0.717) is 10.6 Å². The molecule has 102 valence electrons. The average Bonchev–Trinajstić information content (AvgIpc) is 2.90. The summed E-state index contributed by atoms with van der Waals surface area (Å²) in [5, 5.41) is 12.5. The highest BCUT2D eigenvalue weighted by molar-refractivity contribution is 6.35. The van der Waals surface area contributed by atoms with Gasteiger partial charge in [-0.3, -0.25) is 0 Å². The maximum Gasteiger partial charge on any atom is 0.173 e. The number of benzene rings is 2. The molecule has 1 aliphatic rings. The Bertz CT molecular complexity index is 685. The van der Waals surface area contributed by atoms with Gasteiger partial charge in [-0.1, -0.05) is 41.0 Å². The zero-order valence-corrected chi connectivity index (χ0v) is 11.5. The summed E-state index contributed by atoms with van der Waals surface area (Å²) in [6.45, 7) is 0.853. The third-order valence-corrected chi connectivity index (χ3v) is 3.85. The molecule has 3 rings (SSSR count). The Kier molecular flexibility index (Phi) is 3.24. The van der Waals surface area contributed by atoms with Gasteiger partial charge in [-0.2, -0.15) is 0 Å². The molecular weight excluding hydrogens is 274 g/mol. The molecule has 0 amide bonds. The molecule has 0 bridgehead atoms. The van der Waals surface area contributed by atoms with Gasteiger partial charge in [-0.25, -0.2) is 0 Å². The predicted molar refractivity (Wildman–Crippen MR) is 81.1 cm³/mol. The molecule has 0 aromatic heterocycles. The number of amidine groups is 1. The Morgan fingerprint density at radius 3 is 2.70 bits per heavy atom. The van der Waals surface area contributed by atoms with E-state index in [1.54, 1.807) is 6.07 Å². The highest BCUT2D eigenvalue weighted by Gasteiger charge is 2.24. The van der Waals surface area contributed by atoms with Crippen molar-refractivity contribution in [2.24, 2.45) is 10.9 Å². The van der Waals surface area contributed by atoms with Gasteiger partial charge < -0.3 is 15.8 Å². The predicted octanol–water partition coefficient (Wildman–Crippen LogP) is 3.13. The second-order valence-corrected chi connectivity index (χ2v) is 5.06.